The normalized spacial score (nSPS) is 10.3. The van der Waals surface area contributed by atoms with Crippen LogP contribution in [0.1, 0.15) is 12.0 Å². The highest BCUT2D eigenvalue weighted by Crippen LogP contribution is 2.25. The second-order valence-electron chi connectivity index (χ2n) is 4.84. The van der Waals surface area contributed by atoms with Gasteiger partial charge in [0.1, 0.15) is 11.5 Å². The van der Waals surface area contributed by atoms with Crippen LogP contribution < -0.4 is 9.47 Å². The fourth-order valence-electron chi connectivity index (χ4n) is 2.01. The number of esters is 1. The van der Waals surface area contributed by atoms with E-state index in [9.17, 15) is 9.59 Å². The minimum absolute atomic E-state index is 0.131. The minimum Gasteiger partial charge on any atom is -0.497 e. The zero-order valence-corrected chi connectivity index (χ0v) is 14.3. The molecular formula is C18H23NO5. The molecular weight excluding hydrogens is 310 g/mol. The molecule has 1 amide bonds. The number of carbonyl (C=O) groups is 2. The van der Waals surface area contributed by atoms with Crippen molar-refractivity contribution in [3.63, 3.8) is 0 Å². The quantitative estimate of drug-likeness (QED) is 0.394. The molecule has 0 N–H and O–H groups in total. The molecule has 1 aromatic carbocycles. The van der Waals surface area contributed by atoms with Gasteiger partial charge in [-0.1, -0.05) is 6.08 Å². The topological polar surface area (TPSA) is 65.1 Å². The number of carbonyl (C=O) groups excluding carboxylic acids is 2. The lowest BCUT2D eigenvalue weighted by Crippen LogP contribution is -2.32. The van der Waals surface area contributed by atoms with Gasteiger partial charge in [-0.3, -0.25) is 9.59 Å². The fraction of sp³-hybridized carbons (Fsp3) is 0.333. The lowest BCUT2D eigenvalue weighted by Gasteiger charge is -2.18. The maximum absolute atomic E-state index is 12.3. The van der Waals surface area contributed by atoms with Gasteiger partial charge < -0.3 is 19.1 Å². The highest BCUT2D eigenvalue weighted by Gasteiger charge is 2.12. The van der Waals surface area contributed by atoms with E-state index in [1.165, 1.54) is 18.1 Å². The SMILES string of the molecule is C=CCN(CCC(=O)OC)C(=O)/C=C/c1cc(OC)ccc1OC. The number of methoxy groups -OCH3 is 3. The van der Waals surface area contributed by atoms with Crippen molar-refractivity contribution in [2.75, 3.05) is 34.4 Å². The monoisotopic (exact) mass is 333 g/mol. The molecule has 0 aliphatic carbocycles. The standard InChI is InChI=1S/C18H23NO5/c1-5-11-19(12-10-18(21)24-4)17(20)9-6-14-13-15(22-2)7-8-16(14)23-3/h5-9,13H,1,10-12H2,2-4H3/b9-6+. The van der Waals surface area contributed by atoms with Gasteiger partial charge in [0, 0.05) is 24.7 Å². The van der Waals surface area contributed by atoms with E-state index in [-0.39, 0.29) is 24.8 Å². The average molecular weight is 333 g/mol. The third-order valence-electron chi connectivity index (χ3n) is 3.32. The maximum atomic E-state index is 12.3. The van der Waals surface area contributed by atoms with Crippen molar-refractivity contribution in [3.8, 4) is 11.5 Å². The summed E-state index contributed by atoms with van der Waals surface area (Å²) in [6.07, 6.45) is 4.82. The Morgan fingerprint density at radius 1 is 1.21 bits per heavy atom. The number of hydrogen-bond donors (Lipinski definition) is 0. The van der Waals surface area contributed by atoms with Crippen molar-refractivity contribution in [2.24, 2.45) is 0 Å². The van der Waals surface area contributed by atoms with Crippen LogP contribution in [0, 0.1) is 0 Å². The summed E-state index contributed by atoms with van der Waals surface area (Å²) in [5.74, 6) is 0.695. The molecule has 1 aromatic rings. The summed E-state index contributed by atoms with van der Waals surface area (Å²) in [5, 5.41) is 0. The van der Waals surface area contributed by atoms with Gasteiger partial charge in [-0.25, -0.2) is 0 Å². The van der Waals surface area contributed by atoms with Crippen molar-refractivity contribution in [3.05, 3.63) is 42.5 Å². The first-order chi connectivity index (χ1) is 11.5. The third-order valence-corrected chi connectivity index (χ3v) is 3.32. The van der Waals surface area contributed by atoms with Gasteiger partial charge in [0.25, 0.3) is 0 Å². The number of benzene rings is 1. The first kappa shape index (κ1) is 19.3. The summed E-state index contributed by atoms with van der Waals surface area (Å²) >= 11 is 0. The van der Waals surface area contributed by atoms with Gasteiger partial charge in [0.15, 0.2) is 0 Å². The molecule has 6 nitrogen and oxygen atoms in total. The van der Waals surface area contributed by atoms with Crippen molar-refractivity contribution in [1.29, 1.82) is 0 Å². The first-order valence-electron chi connectivity index (χ1n) is 7.42. The van der Waals surface area contributed by atoms with Gasteiger partial charge in [-0.05, 0) is 24.3 Å². The van der Waals surface area contributed by atoms with Crippen LogP contribution in [0.15, 0.2) is 36.9 Å². The Labute approximate surface area is 142 Å². The molecule has 0 fully saturated rings. The Balaban J connectivity index is 2.87. The number of hydrogen-bond acceptors (Lipinski definition) is 5. The average Bonchev–Trinajstić information content (AvgIpc) is 2.62. The minimum atomic E-state index is -0.365. The lowest BCUT2D eigenvalue weighted by atomic mass is 10.1. The highest BCUT2D eigenvalue weighted by molar-refractivity contribution is 5.92. The first-order valence-corrected chi connectivity index (χ1v) is 7.42. The van der Waals surface area contributed by atoms with Gasteiger partial charge in [-0.2, -0.15) is 0 Å². The largest absolute Gasteiger partial charge is 0.497 e. The Bertz CT molecular complexity index is 609. The smallest absolute Gasteiger partial charge is 0.307 e. The van der Waals surface area contributed by atoms with Crippen molar-refractivity contribution in [2.45, 2.75) is 6.42 Å². The molecule has 0 atom stereocenters. The van der Waals surface area contributed by atoms with Crippen molar-refractivity contribution < 1.29 is 23.8 Å². The van der Waals surface area contributed by atoms with Crippen molar-refractivity contribution >= 4 is 18.0 Å². The van der Waals surface area contributed by atoms with Gasteiger partial charge in [0.05, 0.1) is 27.8 Å². The second-order valence-corrected chi connectivity index (χ2v) is 4.84. The van der Waals surface area contributed by atoms with E-state index in [2.05, 4.69) is 11.3 Å². The Hall–Kier alpha value is -2.76. The Morgan fingerprint density at radius 2 is 1.96 bits per heavy atom. The summed E-state index contributed by atoms with van der Waals surface area (Å²) in [6, 6.07) is 5.31. The summed E-state index contributed by atoms with van der Waals surface area (Å²) < 4.78 is 15.0. The number of nitrogens with zero attached hydrogens (tertiary/aromatic N) is 1. The van der Waals surface area contributed by atoms with E-state index < -0.39 is 0 Å². The second kappa shape index (κ2) is 10.1. The number of ether oxygens (including phenoxy) is 3. The fourth-order valence-corrected chi connectivity index (χ4v) is 2.01. The van der Waals surface area contributed by atoms with Crippen LogP contribution in [0.5, 0.6) is 11.5 Å². The molecule has 1 rings (SSSR count). The van der Waals surface area contributed by atoms with Crippen LogP contribution in [0.3, 0.4) is 0 Å². The van der Waals surface area contributed by atoms with Gasteiger partial charge in [0.2, 0.25) is 5.91 Å². The third kappa shape index (κ3) is 5.79. The summed E-state index contributed by atoms with van der Waals surface area (Å²) in [6.45, 7) is 4.23. The van der Waals surface area contributed by atoms with Crippen molar-refractivity contribution in [1.82, 2.24) is 4.90 Å². The predicted octanol–water partition coefficient (Wildman–Crippen LogP) is 2.29. The molecule has 0 heterocycles. The summed E-state index contributed by atoms with van der Waals surface area (Å²) in [4.78, 5) is 25.1. The van der Waals surface area contributed by atoms with Gasteiger partial charge in [-0.15, -0.1) is 6.58 Å². The zero-order valence-electron chi connectivity index (χ0n) is 14.3. The zero-order chi connectivity index (χ0) is 17.9. The lowest BCUT2D eigenvalue weighted by molar-refractivity contribution is -0.141. The highest BCUT2D eigenvalue weighted by atomic mass is 16.5. The van der Waals surface area contributed by atoms with Crippen LogP contribution in [-0.4, -0.2) is 51.2 Å². The van der Waals surface area contributed by atoms with Crippen LogP contribution in [-0.2, 0) is 14.3 Å². The number of rotatable bonds is 9. The Kier molecular flexibility index (Phi) is 8.11. The molecule has 0 radical (unpaired) electrons. The molecule has 0 aliphatic heterocycles. The molecule has 0 saturated heterocycles. The molecule has 0 saturated carbocycles. The van der Waals surface area contributed by atoms with E-state index >= 15 is 0 Å². The molecule has 130 valence electrons. The summed E-state index contributed by atoms with van der Waals surface area (Å²) in [5.41, 5.74) is 0.719. The molecule has 24 heavy (non-hydrogen) atoms. The predicted molar refractivity (Wildman–Crippen MR) is 92.0 cm³/mol. The summed E-state index contributed by atoms with van der Waals surface area (Å²) in [7, 11) is 4.44. The van der Waals surface area contributed by atoms with Crippen LogP contribution in [0.25, 0.3) is 6.08 Å². The molecule has 0 unspecified atom stereocenters. The van der Waals surface area contributed by atoms with E-state index in [1.807, 2.05) is 0 Å². The molecule has 0 spiro atoms. The molecule has 0 aromatic heterocycles. The van der Waals surface area contributed by atoms with E-state index in [4.69, 9.17) is 9.47 Å². The van der Waals surface area contributed by atoms with Crippen LogP contribution in [0.2, 0.25) is 0 Å². The maximum Gasteiger partial charge on any atom is 0.307 e. The molecule has 0 aliphatic rings. The van der Waals surface area contributed by atoms with Crippen LogP contribution in [0.4, 0.5) is 0 Å². The van der Waals surface area contributed by atoms with Gasteiger partial charge >= 0.3 is 5.97 Å². The van der Waals surface area contributed by atoms with Crippen LogP contribution >= 0.6 is 0 Å². The molecule has 0 bridgehead atoms. The molecule has 6 heteroatoms. The van der Waals surface area contributed by atoms with E-state index in [0.29, 0.717) is 18.0 Å². The van der Waals surface area contributed by atoms with E-state index in [0.717, 1.165) is 5.56 Å². The number of amides is 1. The van der Waals surface area contributed by atoms with E-state index in [1.54, 1.807) is 44.6 Å². The Morgan fingerprint density at radius 3 is 2.54 bits per heavy atom.